The van der Waals surface area contributed by atoms with Crippen LogP contribution in [0.15, 0.2) is 60.7 Å². The third-order valence-electron chi connectivity index (χ3n) is 5.09. The Kier molecular flexibility index (Phi) is 3.72. The number of nitrogens with zero attached hydrogens (tertiary/aromatic N) is 1. The zero-order chi connectivity index (χ0) is 16.7. The van der Waals surface area contributed by atoms with E-state index < -0.39 is 0 Å². The van der Waals surface area contributed by atoms with Gasteiger partial charge in [0.1, 0.15) is 0 Å². The van der Waals surface area contributed by atoms with Crippen LogP contribution in [0.5, 0.6) is 0 Å². The Morgan fingerprint density at radius 3 is 2.96 bits per heavy atom. The highest BCUT2D eigenvalue weighted by Crippen LogP contribution is 2.31. The van der Waals surface area contributed by atoms with E-state index in [0.717, 1.165) is 12.2 Å². The largest absolute Gasteiger partial charge is 0.385 e. The second-order valence-electron chi connectivity index (χ2n) is 7.05. The molecule has 0 amide bonds. The number of aryl methyl sites for hydroxylation is 1. The summed E-state index contributed by atoms with van der Waals surface area (Å²) in [5.74, 6) is 0. The van der Waals surface area contributed by atoms with E-state index in [-0.39, 0.29) is 6.04 Å². The summed E-state index contributed by atoms with van der Waals surface area (Å²) < 4.78 is 0. The highest BCUT2D eigenvalue weighted by molar-refractivity contribution is 5.78. The van der Waals surface area contributed by atoms with Crippen molar-refractivity contribution in [1.29, 1.82) is 0 Å². The Hall–Kier alpha value is -2.42. The Balaban J connectivity index is 1.55. The molecule has 3 aliphatic rings. The van der Waals surface area contributed by atoms with E-state index in [4.69, 9.17) is 0 Å². The molecule has 3 heteroatoms. The van der Waals surface area contributed by atoms with Gasteiger partial charge in [-0.15, -0.1) is 0 Å². The van der Waals surface area contributed by atoms with Crippen LogP contribution in [0.25, 0.3) is 5.57 Å². The van der Waals surface area contributed by atoms with Crippen molar-refractivity contribution >= 4 is 5.57 Å². The number of nitrogens with one attached hydrogen (secondary N) is 2. The Morgan fingerprint density at radius 2 is 2.17 bits per heavy atom. The van der Waals surface area contributed by atoms with Crippen molar-refractivity contribution in [1.82, 2.24) is 15.5 Å². The van der Waals surface area contributed by atoms with Crippen LogP contribution >= 0.6 is 0 Å². The van der Waals surface area contributed by atoms with Gasteiger partial charge < -0.3 is 15.5 Å². The summed E-state index contributed by atoms with van der Waals surface area (Å²) in [5.41, 5.74) is 7.63. The summed E-state index contributed by atoms with van der Waals surface area (Å²) in [6.45, 7) is 9.39. The predicted octanol–water partition coefficient (Wildman–Crippen LogP) is 3.60. The number of benzene rings is 1. The van der Waals surface area contributed by atoms with Gasteiger partial charge in [-0.2, -0.15) is 0 Å². The van der Waals surface area contributed by atoms with E-state index in [1.165, 1.54) is 40.8 Å². The standard InChI is InChI=1S/C21H25N3/c1-14-5-4-6-19(16(14)3)17-11-21-20(22-12-17)9-10-24(21)13-15(2)23-18-7-8-18/h4-6,9-12,18,20,22-23H,2,7-8,13H2,1,3H3. The minimum absolute atomic E-state index is 0.271. The third kappa shape index (κ3) is 2.86. The van der Waals surface area contributed by atoms with E-state index in [0.29, 0.717) is 6.04 Å². The van der Waals surface area contributed by atoms with E-state index in [9.17, 15) is 0 Å². The van der Waals surface area contributed by atoms with E-state index >= 15 is 0 Å². The van der Waals surface area contributed by atoms with Gasteiger partial charge in [0.25, 0.3) is 0 Å². The average molecular weight is 319 g/mol. The maximum Gasteiger partial charge on any atom is 0.0862 e. The summed E-state index contributed by atoms with van der Waals surface area (Å²) in [7, 11) is 0. The molecule has 0 spiro atoms. The van der Waals surface area contributed by atoms with E-state index in [1.54, 1.807) is 0 Å². The number of rotatable bonds is 5. The summed E-state index contributed by atoms with van der Waals surface area (Å²) in [6.07, 6.45) is 11.4. The van der Waals surface area contributed by atoms with Gasteiger partial charge in [-0.1, -0.05) is 24.8 Å². The third-order valence-corrected chi connectivity index (χ3v) is 5.09. The van der Waals surface area contributed by atoms with Crippen molar-refractivity contribution in [3.8, 4) is 0 Å². The molecule has 2 aliphatic heterocycles. The van der Waals surface area contributed by atoms with Crippen LogP contribution in [-0.2, 0) is 0 Å². The first kappa shape index (κ1) is 15.1. The second-order valence-corrected chi connectivity index (χ2v) is 7.05. The van der Waals surface area contributed by atoms with Crippen molar-refractivity contribution in [2.75, 3.05) is 6.54 Å². The lowest BCUT2D eigenvalue weighted by Crippen LogP contribution is -2.33. The van der Waals surface area contributed by atoms with Crippen molar-refractivity contribution in [3.63, 3.8) is 0 Å². The number of hydrogen-bond acceptors (Lipinski definition) is 3. The molecule has 1 unspecified atom stereocenters. The molecule has 1 aromatic rings. The molecule has 2 N–H and O–H groups in total. The minimum Gasteiger partial charge on any atom is -0.385 e. The zero-order valence-electron chi connectivity index (χ0n) is 14.5. The van der Waals surface area contributed by atoms with Crippen LogP contribution in [0, 0.1) is 13.8 Å². The topological polar surface area (TPSA) is 27.3 Å². The van der Waals surface area contributed by atoms with Crippen molar-refractivity contribution < 1.29 is 0 Å². The van der Waals surface area contributed by atoms with Crippen LogP contribution in [-0.4, -0.2) is 23.5 Å². The Labute approximate surface area is 144 Å². The van der Waals surface area contributed by atoms with Crippen LogP contribution in [0.4, 0.5) is 0 Å². The fourth-order valence-corrected chi connectivity index (χ4v) is 3.38. The number of fused-ring (bicyclic) bond motifs is 1. The van der Waals surface area contributed by atoms with E-state index in [2.05, 4.69) is 78.7 Å². The van der Waals surface area contributed by atoms with Crippen LogP contribution < -0.4 is 10.6 Å². The van der Waals surface area contributed by atoms with Crippen molar-refractivity contribution in [2.24, 2.45) is 0 Å². The van der Waals surface area contributed by atoms with Gasteiger partial charge in [0.15, 0.2) is 0 Å². The second kappa shape index (κ2) is 5.90. The summed E-state index contributed by atoms with van der Waals surface area (Å²) in [6, 6.07) is 7.43. The highest BCUT2D eigenvalue weighted by Gasteiger charge is 2.27. The lowest BCUT2D eigenvalue weighted by Gasteiger charge is -2.27. The molecule has 0 saturated heterocycles. The fourth-order valence-electron chi connectivity index (χ4n) is 3.38. The SMILES string of the molecule is C=C(CN1C=CC2NC=C(c3cccc(C)c3C)C=C21)NC1CC1. The normalized spacial score (nSPS) is 21.8. The molecule has 1 aliphatic carbocycles. The molecule has 124 valence electrons. The van der Waals surface area contributed by atoms with Crippen LogP contribution in [0.3, 0.4) is 0 Å². The molecule has 1 fully saturated rings. The molecular formula is C21H25N3. The van der Waals surface area contributed by atoms with Gasteiger partial charge in [-0.25, -0.2) is 0 Å². The Bertz CT molecular complexity index is 765. The molecule has 24 heavy (non-hydrogen) atoms. The van der Waals surface area contributed by atoms with Crippen molar-refractivity contribution in [2.45, 2.75) is 38.8 Å². The lowest BCUT2D eigenvalue weighted by molar-refractivity contribution is 0.479. The summed E-state index contributed by atoms with van der Waals surface area (Å²) in [4.78, 5) is 2.30. The number of hydrogen-bond donors (Lipinski definition) is 2. The maximum absolute atomic E-state index is 4.19. The molecule has 0 bridgehead atoms. The van der Waals surface area contributed by atoms with E-state index in [1.807, 2.05) is 0 Å². The molecule has 2 heterocycles. The first-order chi connectivity index (χ1) is 11.6. The molecular weight excluding hydrogens is 294 g/mol. The average Bonchev–Trinajstić information content (AvgIpc) is 3.29. The number of dihydropyridines is 1. The van der Waals surface area contributed by atoms with Gasteiger partial charge >= 0.3 is 0 Å². The fraction of sp³-hybridized carbons (Fsp3) is 0.333. The van der Waals surface area contributed by atoms with Gasteiger partial charge in [0.05, 0.1) is 12.6 Å². The van der Waals surface area contributed by atoms with Gasteiger partial charge in [0, 0.05) is 29.8 Å². The first-order valence-corrected chi connectivity index (χ1v) is 8.75. The molecule has 1 aromatic carbocycles. The molecule has 0 radical (unpaired) electrons. The molecule has 0 aromatic heterocycles. The molecule has 1 saturated carbocycles. The summed E-state index contributed by atoms with van der Waals surface area (Å²) in [5, 5.41) is 7.03. The zero-order valence-corrected chi connectivity index (χ0v) is 14.5. The lowest BCUT2D eigenvalue weighted by atomic mass is 9.95. The van der Waals surface area contributed by atoms with Crippen molar-refractivity contribution in [3.05, 3.63) is 77.4 Å². The molecule has 1 atom stereocenters. The number of allylic oxidation sites excluding steroid dienone is 2. The quantitative estimate of drug-likeness (QED) is 0.868. The highest BCUT2D eigenvalue weighted by atomic mass is 15.2. The van der Waals surface area contributed by atoms with Gasteiger partial charge in [-0.05, 0) is 61.1 Å². The Morgan fingerprint density at radius 1 is 1.33 bits per heavy atom. The monoisotopic (exact) mass is 319 g/mol. The van der Waals surface area contributed by atoms with Gasteiger partial charge in [-0.3, -0.25) is 0 Å². The maximum atomic E-state index is 4.19. The predicted molar refractivity (Wildman–Crippen MR) is 100 cm³/mol. The minimum atomic E-state index is 0.271. The smallest absolute Gasteiger partial charge is 0.0862 e. The molecule has 3 nitrogen and oxygen atoms in total. The first-order valence-electron chi connectivity index (χ1n) is 8.75. The molecule has 4 rings (SSSR count). The van der Waals surface area contributed by atoms with Crippen LogP contribution in [0.2, 0.25) is 0 Å². The summed E-state index contributed by atoms with van der Waals surface area (Å²) >= 11 is 0. The van der Waals surface area contributed by atoms with Crippen LogP contribution in [0.1, 0.15) is 29.5 Å². The van der Waals surface area contributed by atoms with Gasteiger partial charge in [0.2, 0.25) is 0 Å².